The Balaban J connectivity index is 2.78. The number of anilines is 1. The average Bonchev–Trinajstić information content (AvgIpc) is 2.18. The molecule has 5 heteroatoms. The van der Waals surface area contributed by atoms with Crippen LogP contribution in [0.4, 0.5) is 5.69 Å². The second kappa shape index (κ2) is 4.69. The quantitative estimate of drug-likeness (QED) is 0.724. The highest BCUT2D eigenvalue weighted by Gasteiger charge is 1.99. The molecule has 0 aliphatic heterocycles. The zero-order chi connectivity index (χ0) is 10.6. The number of nitrogens with two attached hydrogens (primary N) is 1. The predicted octanol–water partition coefficient (Wildman–Crippen LogP) is 0.792. The van der Waals surface area contributed by atoms with Crippen LogP contribution in [-0.2, 0) is 15.8 Å². The van der Waals surface area contributed by atoms with Gasteiger partial charge in [-0.3, -0.25) is 4.79 Å². The molecule has 3 N–H and O–H groups in total. The zero-order valence-corrected chi connectivity index (χ0v) is 8.21. The van der Waals surface area contributed by atoms with Gasteiger partial charge in [-0.15, -0.1) is 0 Å². The van der Waals surface area contributed by atoms with E-state index in [9.17, 15) is 9.00 Å². The number of rotatable bonds is 3. The molecule has 1 aromatic carbocycles. The minimum atomic E-state index is -1.48. The topological polar surface area (TPSA) is 72.2 Å². The Hall–Kier alpha value is -1.46. The Labute approximate surface area is 84.4 Å². The number of carbonyl (C=O) groups excluding carboxylic acids is 1. The monoisotopic (exact) mass is 210 g/mol. The van der Waals surface area contributed by atoms with E-state index in [4.69, 9.17) is 5.14 Å². The molecule has 0 bridgehead atoms. The van der Waals surface area contributed by atoms with Crippen molar-refractivity contribution in [3.8, 4) is 0 Å². The van der Waals surface area contributed by atoms with Gasteiger partial charge in [-0.25, -0.2) is 9.35 Å². The van der Waals surface area contributed by atoms with E-state index in [2.05, 4.69) is 11.9 Å². The van der Waals surface area contributed by atoms with E-state index >= 15 is 0 Å². The van der Waals surface area contributed by atoms with Crippen molar-refractivity contribution in [2.75, 3.05) is 5.32 Å². The van der Waals surface area contributed by atoms with E-state index < -0.39 is 11.0 Å². The van der Waals surface area contributed by atoms with Crippen LogP contribution in [0, 0.1) is 0 Å². The molecule has 0 heterocycles. The Kier molecular flexibility index (Phi) is 3.55. The van der Waals surface area contributed by atoms with Gasteiger partial charge in [0.15, 0.2) is 0 Å². The van der Waals surface area contributed by atoms with Crippen LogP contribution in [0.5, 0.6) is 0 Å². The second-order valence-corrected chi connectivity index (χ2v) is 3.58. The molecule has 0 spiro atoms. The summed E-state index contributed by atoms with van der Waals surface area (Å²) in [6, 6.07) is 6.44. The van der Waals surface area contributed by atoms with Crippen molar-refractivity contribution in [3.05, 3.63) is 36.9 Å². The van der Waals surface area contributed by atoms with Crippen LogP contribution in [0.2, 0.25) is 0 Å². The van der Waals surface area contributed by atoms with Crippen molar-refractivity contribution in [2.24, 2.45) is 5.14 Å². The number of hydrogen-bond donors (Lipinski definition) is 2. The molecular formula is C9H10N2O2S. The second-order valence-electron chi connectivity index (χ2n) is 2.52. The summed E-state index contributed by atoms with van der Waals surface area (Å²) >= 11 is 0. The van der Waals surface area contributed by atoms with Gasteiger partial charge in [0.25, 0.3) is 0 Å². The number of amides is 1. The molecule has 0 saturated heterocycles. The van der Waals surface area contributed by atoms with E-state index in [0.717, 1.165) is 0 Å². The summed E-state index contributed by atoms with van der Waals surface area (Å²) in [6.07, 6.45) is 1.18. The predicted molar refractivity (Wildman–Crippen MR) is 55.9 cm³/mol. The summed E-state index contributed by atoms with van der Waals surface area (Å²) in [6.45, 7) is 3.32. The molecule has 1 unspecified atom stereocenters. The normalized spacial score (nSPS) is 11.8. The Bertz CT molecular complexity index is 373. The van der Waals surface area contributed by atoms with Gasteiger partial charge >= 0.3 is 0 Å². The lowest BCUT2D eigenvalue weighted by Crippen LogP contribution is -2.07. The summed E-state index contributed by atoms with van der Waals surface area (Å²) in [5, 5.41) is 7.72. The first-order valence-electron chi connectivity index (χ1n) is 3.83. The fourth-order valence-electron chi connectivity index (χ4n) is 0.866. The maximum atomic E-state index is 10.9. The molecule has 0 fully saturated rings. The molecule has 0 radical (unpaired) electrons. The van der Waals surface area contributed by atoms with Gasteiger partial charge in [-0.1, -0.05) is 6.58 Å². The fraction of sp³-hybridized carbons (Fsp3) is 0. The Morgan fingerprint density at radius 3 is 2.43 bits per heavy atom. The first-order chi connectivity index (χ1) is 6.63. The zero-order valence-electron chi connectivity index (χ0n) is 7.40. The molecule has 0 aliphatic carbocycles. The van der Waals surface area contributed by atoms with Crippen molar-refractivity contribution in [3.63, 3.8) is 0 Å². The lowest BCUT2D eigenvalue weighted by molar-refractivity contribution is -0.111. The van der Waals surface area contributed by atoms with Gasteiger partial charge in [0.1, 0.15) is 11.0 Å². The highest BCUT2D eigenvalue weighted by atomic mass is 32.2. The van der Waals surface area contributed by atoms with Crippen molar-refractivity contribution in [1.29, 1.82) is 0 Å². The van der Waals surface area contributed by atoms with Crippen LogP contribution in [0.3, 0.4) is 0 Å². The van der Waals surface area contributed by atoms with Crippen molar-refractivity contribution in [2.45, 2.75) is 4.90 Å². The first-order valence-corrected chi connectivity index (χ1v) is 5.04. The SMILES string of the molecule is C=CC(=O)Nc1ccc(S(N)=O)cc1. The van der Waals surface area contributed by atoms with Crippen LogP contribution < -0.4 is 10.5 Å². The third-order valence-electron chi connectivity index (χ3n) is 1.54. The smallest absolute Gasteiger partial charge is 0.247 e. The van der Waals surface area contributed by atoms with Gasteiger partial charge in [0.2, 0.25) is 5.91 Å². The van der Waals surface area contributed by atoms with E-state index in [1.54, 1.807) is 24.3 Å². The van der Waals surface area contributed by atoms with E-state index in [1.807, 2.05) is 0 Å². The maximum absolute atomic E-state index is 10.9. The maximum Gasteiger partial charge on any atom is 0.247 e. The molecule has 14 heavy (non-hydrogen) atoms. The Morgan fingerprint density at radius 1 is 1.43 bits per heavy atom. The molecular weight excluding hydrogens is 200 g/mol. The molecule has 4 nitrogen and oxygen atoms in total. The Morgan fingerprint density at radius 2 is 2.00 bits per heavy atom. The summed E-state index contributed by atoms with van der Waals surface area (Å²) in [7, 11) is -1.48. The van der Waals surface area contributed by atoms with Crippen LogP contribution >= 0.6 is 0 Å². The average molecular weight is 210 g/mol. The van der Waals surface area contributed by atoms with Crippen molar-refractivity contribution in [1.82, 2.24) is 0 Å². The molecule has 0 aromatic heterocycles. The number of hydrogen-bond acceptors (Lipinski definition) is 2. The highest BCUT2D eigenvalue weighted by Crippen LogP contribution is 2.10. The summed E-state index contributed by atoms with van der Waals surface area (Å²) in [5.41, 5.74) is 0.615. The standard InChI is InChI=1S/C9H10N2O2S/c1-2-9(12)11-7-3-5-8(6-4-7)14(10)13/h2-6H,1,10H2,(H,11,12). The lowest BCUT2D eigenvalue weighted by atomic mass is 10.3. The molecule has 1 amide bonds. The molecule has 1 atom stereocenters. The first kappa shape index (κ1) is 10.6. The number of benzene rings is 1. The van der Waals surface area contributed by atoms with Crippen LogP contribution in [0.25, 0.3) is 0 Å². The minimum absolute atomic E-state index is 0.286. The van der Waals surface area contributed by atoms with Crippen LogP contribution in [0.15, 0.2) is 41.8 Å². The van der Waals surface area contributed by atoms with Gasteiger partial charge < -0.3 is 5.32 Å². The van der Waals surface area contributed by atoms with Gasteiger partial charge in [0.05, 0.1) is 4.90 Å². The highest BCUT2D eigenvalue weighted by molar-refractivity contribution is 7.82. The van der Waals surface area contributed by atoms with E-state index in [1.165, 1.54) is 6.08 Å². The molecule has 74 valence electrons. The number of carbonyl (C=O) groups is 1. The van der Waals surface area contributed by atoms with E-state index in [0.29, 0.717) is 10.6 Å². The third-order valence-corrected chi connectivity index (χ3v) is 2.28. The minimum Gasteiger partial charge on any atom is -0.323 e. The van der Waals surface area contributed by atoms with Crippen LogP contribution in [0.1, 0.15) is 0 Å². The van der Waals surface area contributed by atoms with Crippen LogP contribution in [-0.4, -0.2) is 10.1 Å². The molecule has 1 rings (SSSR count). The molecule has 0 aliphatic rings. The van der Waals surface area contributed by atoms with Crippen molar-refractivity contribution < 1.29 is 9.00 Å². The van der Waals surface area contributed by atoms with Gasteiger partial charge in [0, 0.05) is 5.69 Å². The molecule has 1 aromatic rings. The van der Waals surface area contributed by atoms with Gasteiger partial charge in [-0.05, 0) is 30.3 Å². The summed E-state index contributed by atoms with van der Waals surface area (Å²) in [4.78, 5) is 11.4. The van der Waals surface area contributed by atoms with E-state index in [-0.39, 0.29) is 5.91 Å². The number of nitrogens with one attached hydrogen (secondary N) is 1. The fourth-order valence-corrected chi connectivity index (χ4v) is 1.27. The largest absolute Gasteiger partial charge is 0.323 e. The lowest BCUT2D eigenvalue weighted by Gasteiger charge is -2.02. The van der Waals surface area contributed by atoms with Crippen molar-refractivity contribution >= 4 is 22.6 Å². The summed E-state index contributed by atoms with van der Waals surface area (Å²) in [5.74, 6) is -0.286. The molecule has 0 saturated carbocycles. The third kappa shape index (κ3) is 2.79. The summed E-state index contributed by atoms with van der Waals surface area (Å²) < 4.78 is 10.8. The van der Waals surface area contributed by atoms with Gasteiger partial charge in [-0.2, -0.15) is 0 Å².